The third kappa shape index (κ3) is 4.06. The Hall–Kier alpha value is -3.55. The molecule has 2 aromatic heterocycles. The fraction of sp³-hybridized carbons (Fsp3) is 0.250. The summed E-state index contributed by atoms with van der Waals surface area (Å²) in [7, 11) is 0. The van der Waals surface area contributed by atoms with E-state index in [4.69, 9.17) is 4.52 Å². The molecule has 28 heavy (non-hydrogen) atoms. The number of nitrogens with zero attached hydrogens (tertiary/aromatic N) is 3. The van der Waals surface area contributed by atoms with Gasteiger partial charge in [-0.05, 0) is 30.2 Å². The molecule has 1 aliphatic heterocycles. The van der Waals surface area contributed by atoms with Crippen LogP contribution in [0.2, 0.25) is 0 Å². The van der Waals surface area contributed by atoms with Gasteiger partial charge in [0.1, 0.15) is 0 Å². The number of hydrogen-bond donors (Lipinski definition) is 2. The lowest BCUT2D eigenvalue weighted by Gasteiger charge is -2.26. The van der Waals surface area contributed by atoms with Crippen LogP contribution < -0.4 is 10.6 Å². The van der Waals surface area contributed by atoms with Gasteiger partial charge >= 0.3 is 0 Å². The van der Waals surface area contributed by atoms with E-state index in [0.29, 0.717) is 31.0 Å². The zero-order chi connectivity index (χ0) is 19.3. The van der Waals surface area contributed by atoms with E-state index in [1.807, 2.05) is 30.3 Å². The monoisotopic (exact) mass is 377 g/mol. The molecule has 8 nitrogen and oxygen atoms in total. The molecule has 1 aliphatic rings. The number of rotatable bonds is 6. The molecule has 142 valence electrons. The van der Waals surface area contributed by atoms with E-state index in [1.165, 1.54) is 0 Å². The highest BCUT2D eigenvalue weighted by Gasteiger charge is 2.25. The van der Waals surface area contributed by atoms with E-state index < -0.39 is 0 Å². The summed E-state index contributed by atoms with van der Waals surface area (Å²) in [5.74, 6) is 0.755. The Balaban J connectivity index is 1.30. The number of carbonyl (C=O) groups is 2. The number of nitrogens with one attached hydrogen (secondary N) is 2. The van der Waals surface area contributed by atoms with Gasteiger partial charge in [0.2, 0.25) is 23.5 Å². The number of pyridine rings is 1. The second kappa shape index (κ2) is 7.99. The second-order valence-electron chi connectivity index (χ2n) is 6.57. The number of benzene rings is 1. The van der Waals surface area contributed by atoms with Gasteiger partial charge in [-0.1, -0.05) is 23.4 Å². The molecule has 2 amide bonds. The predicted molar refractivity (Wildman–Crippen MR) is 101 cm³/mol. The SMILES string of the molecule is O=C1C[C@H](NC(=O)CCCc2nc(-c3cccnc3)no2)c2ccccc2N1. The fourth-order valence-corrected chi connectivity index (χ4v) is 3.18. The van der Waals surface area contributed by atoms with Crippen molar-refractivity contribution in [2.75, 3.05) is 5.32 Å². The van der Waals surface area contributed by atoms with Crippen LogP contribution >= 0.6 is 0 Å². The van der Waals surface area contributed by atoms with Crippen LogP contribution in [-0.2, 0) is 16.0 Å². The summed E-state index contributed by atoms with van der Waals surface area (Å²) >= 11 is 0. The Bertz CT molecular complexity index is 986. The van der Waals surface area contributed by atoms with Crippen LogP contribution in [0, 0.1) is 0 Å². The quantitative estimate of drug-likeness (QED) is 0.683. The molecule has 0 radical (unpaired) electrons. The first-order chi connectivity index (χ1) is 13.7. The maximum absolute atomic E-state index is 12.3. The Morgan fingerprint density at radius 2 is 2.14 bits per heavy atom. The van der Waals surface area contributed by atoms with Gasteiger partial charge in [0, 0.05) is 36.5 Å². The molecule has 1 atom stereocenters. The highest BCUT2D eigenvalue weighted by atomic mass is 16.5. The Kier molecular flexibility index (Phi) is 5.09. The third-order valence-corrected chi connectivity index (χ3v) is 4.52. The molecule has 0 unspecified atom stereocenters. The molecule has 8 heteroatoms. The minimum atomic E-state index is -0.307. The summed E-state index contributed by atoms with van der Waals surface area (Å²) in [4.78, 5) is 32.5. The summed E-state index contributed by atoms with van der Waals surface area (Å²) in [5, 5.41) is 9.71. The van der Waals surface area contributed by atoms with Crippen LogP contribution in [0.15, 0.2) is 53.3 Å². The normalized spacial score (nSPS) is 15.6. The highest BCUT2D eigenvalue weighted by Crippen LogP contribution is 2.30. The van der Waals surface area contributed by atoms with Crippen molar-refractivity contribution < 1.29 is 14.1 Å². The van der Waals surface area contributed by atoms with Crippen LogP contribution in [-0.4, -0.2) is 26.9 Å². The molecule has 0 fully saturated rings. The number of carbonyl (C=O) groups excluding carboxylic acids is 2. The maximum Gasteiger partial charge on any atom is 0.226 e. The first-order valence-corrected chi connectivity index (χ1v) is 9.10. The second-order valence-corrected chi connectivity index (χ2v) is 6.57. The van der Waals surface area contributed by atoms with E-state index in [1.54, 1.807) is 18.5 Å². The van der Waals surface area contributed by atoms with Gasteiger partial charge < -0.3 is 15.2 Å². The van der Waals surface area contributed by atoms with E-state index in [-0.39, 0.29) is 24.3 Å². The van der Waals surface area contributed by atoms with Gasteiger partial charge in [-0.2, -0.15) is 4.98 Å². The molecule has 0 bridgehead atoms. The van der Waals surface area contributed by atoms with Gasteiger partial charge in [-0.3, -0.25) is 14.6 Å². The van der Waals surface area contributed by atoms with Gasteiger partial charge in [-0.25, -0.2) is 0 Å². The fourth-order valence-electron chi connectivity index (χ4n) is 3.18. The van der Waals surface area contributed by atoms with Crippen LogP contribution in [0.3, 0.4) is 0 Å². The maximum atomic E-state index is 12.3. The van der Waals surface area contributed by atoms with E-state index in [2.05, 4.69) is 25.8 Å². The van der Waals surface area contributed by atoms with Crippen molar-refractivity contribution in [3.05, 3.63) is 60.2 Å². The zero-order valence-corrected chi connectivity index (χ0v) is 15.1. The van der Waals surface area contributed by atoms with Gasteiger partial charge in [0.05, 0.1) is 12.5 Å². The number of amides is 2. The summed E-state index contributed by atoms with van der Waals surface area (Å²) in [6.45, 7) is 0. The number of anilines is 1. The molecular formula is C20H19N5O3. The summed E-state index contributed by atoms with van der Waals surface area (Å²) in [6, 6.07) is 10.8. The van der Waals surface area contributed by atoms with E-state index in [0.717, 1.165) is 16.8 Å². The van der Waals surface area contributed by atoms with Crippen molar-refractivity contribution in [2.45, 2.75) is 31.7 Å². The molecule has 0 spiro atoms. The molecule has 0 saturated heterocycles. The zero-order valence-electron chi connectivity index (χ0n) is 15.1. The lowest BCUT2D eigenvalue weighted by molar-refractivity contribution is -0.122. The van der Waals surface area contributed by atoms with Crippen LogP contribution in [0.4, 0.5) is 5.69 Å². The molecule has 0 saturated carbocycles. The number of hydrogen-bond acceptors (Lipinski definition) is 6. The van der Waals surface area contributed by atoms with Crippen molar-refractivity contribution >= 4 is 17.5 Å². The highest BCUT2D eigenvalue weighted by molar-refractivity contribution is 5.95. The molecule has 0 aliphatic carbocycles. The minimum Gasteiger partial charge on any atom is -0.349 e. The van der Waals surface area contributed by atoms with Gasteiger partial charge in [-0.15, -0.1) is 0 Å². The Morgan fingerprint density at radius 3 is 3.00 bits per heavy atom. The van der Waals surface area contributed by atoms with Crippen LogP contribution in [0.1, 0.15) is 36.8 Å². The first kappa shape index (κ1) is 17.8. The summed E-state index contributed by atoms with van der Waals surface area (Å²) in [6.07, 6.45) is 4.97. The molecular weight excluding hydrogens is 358 g/mol. The Labute approximate surface area is 161 Å². The number of fused-ring (bicyclic) bond motifs is 1. The topological polar surface area (TPSA) is 110 Å². The lowest BCUT2D eigenvalue weighted by atomic mass is 9.97. The standard InChI is InChI=1S/C20H19N5O3/c26-17(23-16-11-18(27)22-15-7-2-1-6-14(15)16)8-3-9-19-24-20(25-28-19)13-5-4-10-21-12-13/h1-2,4-7,10,12,16H,3,8-9,11H2,(H,22,27)(H,23,26)/t16-/m0/s1. The van der Waals surface area contributed by atoms with Crippen LogP contribution in [0.25, 0.3) is 11.4 Å². The smallest absolute Gasteiger partial charge is 0.226 e. The lowest BCUT2D eigenvalue weighted by Crippen LogP contribution is -2.35. The number of aryl methyl sites for hydroxylation is 1. The van der Waals surface area contributed by atoms with Crippen molar-refractivity contribution in [1.29, 1.82) is 0 Å². The average Bonchev–Trinajstić information content (AvgIpc) is 3.17. The molecule has 1 aromatic carbocycles. The average molecular weight is 377 g/mol. The largest absolute Gasteiger partial charge is 0.349 e. The minimum absolute atomic E-state index is 0.0993. The predicted octanol–water partition coefficient (Wildman–Crippen LogP) is 2.65. The summed E-state index contributed by atoms with van der Waals surface area (Å²) in [5.41, 5.74) is 2.45. The van der Waals surface area contributed by atoms with Crippen molar-refractivity contribution in [3.63, 3.8) is 0 Å². The Morgan fingerprint density at radius 1 is 1.25 bits per heavy atom. The first-order valence-electron chi connectivity index (χ1n) is 9.10. The molecule has 3 heterocycles. The van der Waals surface area contributed by atoms with Gasteiger partial charge in [0.15, 0.2) is 0 Å². The van der Waals surface area contributed by atoms with Crippen molar-refractivity contribution in [1.82, 2.24) is 20.4 Å². The summed E-state index contributed by atoms with van der Waals surface area (Å²) < 4.78 is 5.24. The van der Waals surface area contributed by atoms with E-state index in [9.17, 15) is 9.59 Å². The van der Waals surface area contributed by atoms with E-state index >= 15 is 0 Å². The third-order valence-electron chi connectivity index (χ3n) is 4.52. The molecule has 4 rings (SSSR count). The van der Waals surface area contributed by atoms with Crippen LogP contribution in [0.5, 0.6) is 0 Å². The van der Waals surface area contributed by atoms with Crippen molar-refractivity contribution in [2.24, 2.45) is 0 Å². The number of para-hydroxylation sites is 1. The number of aromatic nitrogens is 3. The molecule has 2 N–H and O–H groups in total. The van der Waals surface area contributed by atoms with Gasteiger partial charge in [0.25, 0.3) is 0 Å². The molecule has 3 aromatic rings. The van der Waals surface area contributed by atoms with Crippen molar-refractivity contribution in [3.8, 4) is 11.4 Å².